The number of ether oxygens (including phenoxy) is 2. The van der Waals surface area contributed by atoms with Crippen molar-refractivity contribution in [3.63, 3.8) is 0 Å². The molecule has 1 saturated heterocycles. The summed E-state index contributed by atoms with van der Waals surface area (Å²) < 4.78 is 11.0. The molecule has 0 aromatic heterocycles. The molecule has 1 aromatic carbocycles. The molecule has 0 bridgehead atoms. The molecule has 2 rings (SSSR count). The minimum atomic E-state index is 0. The van der Waals surface area contributed by atoms with E-state index in [1.165, 1.54) is 16.7 Å². The van der Waals surface area contributed by atoms with Crippen molar-refractivity contribution in [3.05, 3.63) is 34.9 Å². The molecule has 6 heteroatoms. The molecular formula is C21H36IN3O2. The molecule has 0 aliphatic carbocycles. The van der Waals surface area contributed by atoms with Crippen LogP contribution in [0, 0.1) is 13.8 Å². The molecule has 27 heavy (non-hydrogen) atoms. The average molecular weight is 489 g/mol. The summed E-state index contributed by atoms with van der Waals surface area (Å²) in [6.07, 6.45) is 3.45. The molecule has 1 fully saturated rings. The van der Waals surface area contributed by atoms with Gasteiger partial charge in [-0.05, 0) is 51.2 Å². The van der Waals surface area contributed by atoms with E-state index in [-0.39, 0.29) is 24.0 Å². The van der Waals surface area contributed by atoms with Crippen molar-refractivity contribution in [1.82, 2.24) is 10.2 Å². The van der Waals surface area contributed by atoms with E-state index in [0.717, 1.165) is 64.6 Å². The minimum absolute atomic E-state index is 0. The third-order valence-corrected chi connectivity index (χ3v) is 4.82. The number of nitrogens with one attached hydrogen (secondary N) is 1. The lowest BCUT2D eigenvalue weighted by atomic mass is 10.1. The predicted octanol–water partition coefficient (Wildman–Crippen LogP) is 3.90. The highest BCUT2D eigenvalue weighted by atomic mass is 127. The lowest BCUT2D eigenvalue weighted by molar-refractivity contribution is 0.00990. The van der Waals surface area contributed by atoms with E-state index in [9.17, 15) is 0 Å². The molecular weight excluding hydrogens is 453 g/mol. The number of halogens is 1. The van der Waals surface area contributed by atoms with Crippen LogP contribution in [0.5, 0.6) is 0 Å². The smallest absolute Gasteiger partial charge is 0.194 e. The van der Waals surface area contributed by atoms with Gasteiger partial charge in [0.2, 0.25) is 0 Å². The highest BCUT2D eigenvalue weighted by Gasteiger charge is 2.21. The third-order valence-electron chi connectivity index (χ3n) is 4.82. The molecule has 0 amide bonds. The molecule has 0 spiro atoms. The van der Waals surface area contributed by atoms with Gasteiger partial charge in [-0.15, -0.1) is 24.0 Å². The lowest BCUT2D eigenvalue weighted by Crippen LogP contribution is -2.47. The number of nitrogens with zero attached hydrogens (tertiary/aromatic N) is 2. The van der Waals surface area contributed by atoms with Crippen molar-refractivity contribution >= 4 is 29.9 Å². The van der Waals surface area contributed by atoms with Gasteiger partial charge < -0.3 is 19.7 Å². The Morgan fingerprint density at radius 1 is 1.22 bits per heavy atom. The summed E-state index contributed by atoms with van der Waals surface area (Å²) in [5.41, 5.74) is 3.91. The first-order chi connectivity index (χ1) is 12.6. The largest absolute Gasteiger partial charge is 0.385 e. The van der Waals surface area contributed by atoms with E-state index in [2.05, 4.69) is 49.2 Å². The van der Waals surface area contributed by atoms with Gasteiger partial charge in [0, 0.05) is 40.0 Å². The van der Waals surface area contributed by atoms with E-state index in [4.69, 9.17) is 14.5 Å². The molecule has 1 aromatic rings. The van der Waals surface area contributed by atoms with E-state index in [0.29, 0.717) is 6.10 Å². The van der Waals surface area contributed by atoms with Crippen LogP contribution in [0.15, 0.2) is 23.2 Å². The first-order valence-corrected chi connectivity index (χ1v) is 9.84. The van der Waals surface area contributed by atoms with Gasteiger partial charge in [-0.2, -0.15) is 0 Å². The number of benzene rings is 1. The molecule has 1 N–H and O–H groups in total. The Morgan fingerprint density at radius 2 is 1.96 bits per heavy atom. The Balaban J connectivity index is 0.00000364. The second-order valence-corrected chi connectivity index (χ2v) is 7.00. The number of aryl methyl sites for hydroxylation is 2. The van der Waals surface area contributed by atoms with Crippen LogP contribution in [0.1, 0.15) is 42.9 Å². The van der Waals surface area contributed by atoms with Gasteiger partial charge >= 0.3 is 0 Å². The second kappa shape index (κ2) is 13.3. The standard InChI is InChI=1S/C21H35N3O2.HI/c1-5-22-21(23-16-19-8-7-17(2)15-18(19)3)24-11-9-20(10-12-24)26-14-6-13-25-4;/h7-8,15,20H,5-6,9-14,16H2,1-4H3,(H,22,23);1H. The van der Waals surface area contributed by atoms with Crippen LogP contribution >= 0.6 is 24.0 Å². The van der Waals surface area contributed by atoms with Crippen LogP contribution in [0.25, 0.3) is 0 Å². The zero-order valence-corrected chi connectivity index (χ0v) is 19.6. The van der Waals surface area contributed by atoms with E-state index in [1.54, 1.807) is 7.11 Å². The zero-order valence-electron chi connectivity index (χ0n) is 17.3. The summed E-state index contributed by atoms with van der Waals surface area (Å²) in [7, 11) is 1.73. The Kier molecular flexibility index (Phi) is 11.9. The van der Waals surface area contributed by atoms with Crippen molar-refractivity contribution in [1.29, 1.82) is 0 Å². The van der Waals surface area contributed by atoms with E-state index >= 15 is 0 Å². The monoisotopic (exact) mass is 489 g/mol. The Bertz CT molecular complexity index is 573. The van der Waals surface area contributed by atoms with Gasteiger partial charge in [0.15, 0.2) is 5.96 Å². The minimum Gasteiger partial charge on any atom is -0.385 e. The fourth-order valence-electron chi connectivity index (χ4n) is 3.30. The summed E-state index contributed by atoms with van der Waals surface area (Å²) in [5.74, 6) is 1.02. The quantitative estimate of drug-likeness (QED) is 0.261. The van der Waals surface area contributed by atoms with Crippen LogP contribution < -0.4 is 5.32 Å². The number of likely N-dealkylation sites (tertiary alicyclic amines) is 1. The number of methoxy groups -OCH3 is 1. The number of guanidine groups is 1. The molecule has 0 radical (unpaired) electrons. The van der Waals surface area contributed by atoms with Crippen molar-refractivity contribution in [2.24, 2.45) is 4.99 Å². The van der Waals surface area contributed by atoms with Crippen LogP contribution in [0.4, 0.5) is 0 Å². The molecule has 154 valence electrons. The summed E-state index contributed by atoms with van der Waals surface area (Å²) in [5, 5.41) is 3.45. The van der Waals surface area contributed by atoms with Crippen molar-refractivity contribution < 1.29 is 9.47 Å². The second-order valence-electron chi connectivity index (χ2n) is 7.00. The van der Waals surface area contributed by atoms with Gasteiger partial charge in [0.25, 0.3) is 0 Å². The molecule has 1 aliphatic rings. The van der Waals surface area contributed by atoms with Crippen LogP contribution in [0.2, 0.25) is 0 Å². The third kappa shape index (κ3) is 8.35. The topological polar surface area (TPSA) is 46.1 Å². The van der Waals surface area contributed by atoms with Crippen LogP contribution in [0.3, 0.4) is 0 Å². The lowest BCUT2D eigenvalue weighted by Gasteiger charge is -2.34. The first kappa shape index (κ1) is 24.2. The Hall–Kier alpha value is -0.860. The van der Waals surface area contributed by atoms with Gasteiger partial charge in [-0.1, -0.05) is 23.8 Å². The normalized spacial score (nSPS) is 15.6. The summed E-state index contributed by atoms with van der Waals surface area (Å²) in [4.78, 5) is 7.25. The zero-order chi connectivity index (χ0) is 18.8. The highest BCUT2D eigenvalue weighted by molar-refractivity contribution is 14.0. The van der Waals surface area contributed by atoms with Crippen molar-refractivity contribution in [2.45, 2.75) is 52.7 Å². The first-order valence-electron chi connectivity index (χ1n) is 9.84. The molecule has 0 atom stereocenters. The van der Waals surface area contributed by atoms with Crippen LogP contribution in [-0.2, 0) is 16.0 Å². The maximum absolute atomic E-state index is 5.96. The van der Waals surface area contributed by atoms with Gasteiger partial charge in [-0.25, -0.2) is 4.99 Å². The number of aliphatic imine (C=N–C) groups is 1. The fourth-order valence-corrected chi connectivity index (χ4v) is 3.30. The summed E-state index contributed by atoms with van der Waals surface area (Å²) in [6, 6.07) is 6.58. The van der Waals surface area contributed by atoms with Gasteiger partial charge in [0.05, 0.1) is 12.6 Å². The number of hydrogen-bond acceptors (Lipinski definition) is 3. The maximum Gasteiger partial charge on any atom is 0.194 e. The van der Waals surface area contributed by atoms with Crippen molar-refractivity contribution in [2.75, 3.05) is 40.0 Å². The van der Waals surface area contributed by atoms with Gasteiger partial charge in [0.1, 0.15) is 0 Å². The van der Waals surface area contributed by atoms with E-state index in [1.807, 2.05) is 0 Å². The molecule has 0 unspecified atom stereocenters. The van der Waals surface area contributed by atoms with Crippen LogP contribution in [-0.4, -0.2) is 56.9 Å². The number of piperidine rings is 1. The molecule has 1 aliphatic heterocycles. The molecule has 0 saturated carbocycles. The molecule has 1 heterocycles. The van der Waals surface area contributed by atoms with Crippen molar-refractivity contribution in [3.8, 4) is 0 Å². The molecule has 5 nitrogen and oxygen atoms in total. The Morgan fingerprint density at radius 3 is 2.59 bits per heavy atom. The van der Waals surface area contributed by atoms with Gasteiger partial charge in [-0.3, -0.25) is 0 Å². The number of rotatable bonds is 8. The average Bonchev–Trinajstić information content (AvgIpc) is 2.64. The SMILES string of the molecule is CCNC(=NCc1ccc(C)cc1C)N1CCC(OCCCOC)CC1.I. The summed E-state index contributed by atoms with van der Waals surface area (Å²) >= 11 is 0. The maximum atomic E-state index is 5.96. The highest BCUT2D eigenvalue weighted by Crippen LogP contribution is 2.16. The van der Waals surface area contributed by atoms with E-state index < -0.39 is 0 Å². The number of hydrogen-bond donors (Lipinski definition) is 1. The summed E-state index contributed by atoms with van der Waals surface area (Å²) in [6.45, 7) is 11.6. The Labute approximate surface area is 181 Å². The predicted molar refractivity (Wildman–Crippen MR) is 123 cm³/mol. The fraction of sp³-hybridized carbons (Fsp3) is 0.667.